The van der Waals surface area contributed by atoms with Crippen molar-refractivity contribution >= 4 is 11.6 Å². The van der Waals surface area contributed by atoms with Gasteiger partial charge in [0.05, 0.1) is 11.9 Å². The minimum absolute atomic E-state index is 0.130. The lowest BCUT2D eigenvalue weighted by molar-refractivity contribution is -0.111. The van der Waals surface area contributed by atoms with Crippen LogP contribution in [0.2, 0.25) is 0 Å². The standard InChI is InChI=1S/C9H13N3O/c1-7(2)3-4-9(13)12-8-5-10-11-6-8/h3-7H,1-2H3,(H,10,11)(H,12,13)/b4-3+. The predicted octanol–water partition coefficient (Wildman–Crippen LogP) is 1.56. The van der Waals surface area contributed by atoms with Gasteiger partial charge in [0.25, 0.3) is 0 Å². The third kappa shape index (κ3) is 3.55. The second kappa shape index (κ2) is 4.45. The molecule has 4 heteroatoms. The number of anilines is 1. The zero-order valence-corrected chi connectivity index (χ0v) is 7.74. The zero-order valence-electron chi connectivity index (χ0n) is 7.74. The van der Waals surface area contributed by atoms with Gasteiger partial charge in [-0.1, -0.05) is 19.9 Å². The molecule has 1 aromatic heterocycles. The minimum atomic E-state index is -0.130. The van der Waals surface area contributed by atoms with Crippen LogP contribution in [0.4, 0.5) is 5.69 Å². The maximum Gasteiger partial charge on any atom is 0.248 e. The Balaban J connectivity index is 2.43. The molecular formula is C9H13N3O. The van der Waals surface area contributed by atoms with Crippen LogP contribution < -0.4 is 5.32 Å². The van der Waals surface area contributed by atoms with Gasteiger partial charge in [0.15, 0.2) is 0 Å². The zero-order chi connectivity index (χ0) is 9.68. The maximum absolute atomic E-state index is 11.2. The van der Waals surface area contributed by atoms with Crippen molar-refractivity contribution in [3.8, 4) is 0 Å². The molecule has 0 saturated heterocycles. The molecule has 0 aliphatic carbocycles. The van der Waals surface area contributed by atoms with E-state index in [9.17, 15) is 4.79 Å². The summed E-state index contributed by atoms with van der Waals surface area (Å²) in [5.41, 5.74) is 0.679. The van der Waals surface area contributed by atoms with Crippen molar-refractivity contribution in [1.82, 2.24) is 10.2 Å². The molecule has 0 unspecified atom stereocenters. The molecule has 0 aliphatic heterocycles. The number of H-pyrrole nitrogens is 1. The molecule has 0 bridgehead atoms. The molecule has 0 aliphatic rings. The van der Waals surface area contributed by atoms with Crippen molar-refractivity contribution in [1.29, 1.82) is 0 Å². The fourth-order valence-corrected chi connectivity index (χ4v) is 0.783. The number of carbonyl (C=O) groups is 1. The summed E-state index contributed by atoms with van der Waals surface area (Å²) in [6, 6.07) is 0. The van der Waals surface area contributed by atoms with Gasteiger partial charge >= 0.3 is 0 Å². The molecule has 0 aromatic carbocycles. The van der Waals surface area contributed by atoms with Crippen LogP contribution in [0.5, 0.6) is 0 Å². The van der Waals surface area contributed by atoms with Crippen molar-refractivity contribution in [3.05, 3.63) is 24.5 Å². The largest absolute Gasteiger partial charge is 0.320 e. The lowest BCUT2D eigenvalue weighted by Crippen LogP contribution is -2.07. The quantitative estimate of drug-likeness (QED) is 0.692. The summed E-state index contributed by atoms with van der Waals surface area (Å²) in [6.07, 6.45) is 6.55. The van der Waals surface area contributed by atoms with Gasteiger partial charge in [-0.2, -0.15) is 5.10 Å². The van der Waals surface area contributed by atoms with Gasteiger partial charge in [-0.25, -0.2) is 0 Å². The number of hydrogen-bond donors (Lipinski definition) is 2. The summed E-state index contributed by atoms with van der Waals surface area (Å²) in [6.45, 7) is 4.03. The van der Waals surface area contributed by atoms with E-state index in [1.807, 2.05) is 19.9 Å². The van der Waals surface area contributed by atoms with E-state index in [0.29, 0.717) is 11.6 Å². The summed E-state index contributed by atoms with van der Waals surface area (Å²) in [5, 5.41) is 8.98. The van der Waals surface area contributed by atoms with E-state index in [0.717, 1.165) is 0 Å². The summed E-state index contributed by atoms with van der Waals surface area (Å²) >= 11 is 0. The third-order valence-electron chi connectivity index (χ3n) is 1.40. The van der Waals surface area contributed by atoms with Crippen LogP contribution >= 0.6 is 0 Å². The van der Waals surface area contributed by atoms with E-state index in [-0.39, 0.29) is 5.91 Å². The van der Waals surface area contributed by atoms with Gasteiger partial charge in [-0.05, 0) is 12.0 Å². The number of amides is 1. The number of allylic oxidation sites excluding steroid dienone is 1. The lowest BCUT2D eigenvalue weighted by Gasteiger charge is -1.96. The Hall–Kier alpha value is -1.58. The average molecular weight is 179 g/mol. The van der Waals surface area contributed by atoms with Crippen LogP contribution in [-0.4, -0.2) is 16.1 Å². The molecular weight excluding hydrogens is 166 g/mol. The third-order valence-corrected chi connectivity index (χ3v) is 1.40. The minimum Gasteiger partial charge on any atom is -0.320 e. The van der Waals surface area contributed by atoms with E-state index in [4.69, 9.17) is 0 Å². The molecule has 0 radical (unpaired) electrons. The fraction of sp³-hybridized carbons (Fsp3) is 0.333. The summed E-state index contributed by atoms with van der Waals surface area (Å²) in [7, 11) is 0. The molecule has 4 nitrogen and oxygen atoms in total. The molecule has 0 spiro atoms. The molecule has 0 fully saturated rings. The van der Waals surface area contributed by atoms with Gasteiger partial charge in [0, 0.05) is 6.20 Å². The van der Waals surface area contributed by atoms with Gasteiger partial charge in [0.1, 0.15) is 0 Å². The molecule has 70 valence electrons. The molecule has 1 heterocycles. The highest BCUT2D eigenvalue weighted by Gasteiger charge is 1.97. The number of carbonyl (C=O) groups excluding carboxylic acids is 1. The van der Waals surface area contributed by atoms with Crippen molar-refractivity contribution < 1.29 is 4.79 Å². The molecule has 1 rings (SSSR count). The maximum atomic E-state index is 11.2. The first-order valence-electron chi connectivity index (χ1n) is 4.16. The molecule has 2 N–H and O–H groups in total. The van der Waals surface area contributed by atoms with Crippen LogP contribution in [0.15, 0.2) is 24.5 Å². The van der Waals surface area contributed by atoms with Gasteiger partial charge < -0.3 is 5.32 Å². The summed E-state index contributed by atoms with van der Waals surface area (Å²) in [4.78, 5) is 11.2. The first-order chi connectivity index (χ1) is 6.18. The fourth-order valence-electron chi connectivity index (χ4n) is 0.783. The number of aromatic nitrogens is 2. The van der Waals surface area contributed by atoms with Gasteiger partial charge in [-0.3, -0.25) is 9.89 Å². The number of aromatic amines is 1. The molecule has 1 amide bonds. The SMILES string of the molecule is CC(C)/C=C/C(=O)Nc1cn[nH]c1. The number of nitrogens with one attached hydrogen (secondary N) is 2. The number of rotatable bonds is 3. The molecule has 0 atom stereocenters. The van der Waals surface area contributed by atoms with Gasteiger partial charge in [-0.15, -0.1) is 0 Å². The van der Waals surface area contributed by atoms with Crippen LogP contribution in [0, 0.1) is 5.92 Å². The Morgan fingerprint density at radius 2 is 2.46 bits per heavy atom. The Labute approximate surface area is 77.0 Å². The highest BCUT2D eigenvalue weighted by Crippen LogP contribution is 2.01. The normalized spacial score (nSPS) is 11.0. The van der Waals surface area contributed by atoms with E-state index >= 15 is 0 Å². The van der Waals surface area contributed by atoms with E-state index in [2.05, 4.69) is 15.5 Å². The smallest absolute Gasteiger partial charge is 0.248 e. The number of nitrogens with zero attached hydrogens (tertiary/aromatic N) is 1. The topological polar surface area (TPSA) is 57.8 Å². The molecule has 0 saturated carbocycles. The first-order valence-corrected chi connectivity index (χ1v) is 4.16. The Morgan fingerprint density at radius 3 is 3.00 bits per heavy atom. The summed E-state index contributed by atoms with van der Waals surface area (Å²) < 4.78 is 0. The Bertz CT molecular complexity index is 288. The molecule has 1 aromatic rings. The monoisotopic (exact) mass is 179 g/mol. The van der Waals surface area contributed by atoms with Crippen LogP contribution in [0.25, 0.3) is 0 Å². The van der Waals surface area contributed by atoms with Crippen molar-refractivity contribution in [2.24, 2.45) is 5.92 Å². The molecule has 13 heavy (non-hydrogen) atoms. The average Bonchev–Trinajstić information content (AvgIpc) is 2.53. The van der Waals surface area contributed by atoms with Gasteiger partial charge in [0.2, 0.25) is 5.91 Å². The predicted molar refractivity (Wildman–Crippen MR) is 51.2 cm³/mol. The summed E-state index contributed by atoms with van der Waals surface area (Å²) in [5.74, 6) is 0.255. The Morgan fingerprint density at radius 1 is 1.69 bits per heavy atom. The van der Waals surface area contributed by atoms with E-state index in [1.54, 1.807) is 12.4 Å². The second-order valence-electron chi connectivity index (χ2n) is 3.08. The number of hydrogen-bond acceptors (Lipinski definition) is 2. The lowest BCUT2D eigenvalue weighted by atomic mass is 10.2. The van der Waals surface area contributed by atoms with E-state index < -0.39 is 0 Å². The Kier molecular flexibility index (Phi) is 3.25. The highest BCUT2D eigenvalue weighted by atomic mass is 16.1. The van der Waals surface area contributed by atoms with Crippen LogP contribution in [-0.2, 0) is 4.79 Å². The van der Waals surface area contributed by atoms with E-state index in [1.165, 1.54) is 6.08 Å². The first kappa shape index (κ1) is 9.51. The van der Waals surface area contributed by atoms with Crippen LogP contribution in [0.3, 0.4) is 0 Å². The van der Waals surface area contributed by atoms with Crippen LogP contribution in [0.1, 0.15) is 13.8 Å². The van der Waals surface area contributed by atoms with Crippen molar-refractivity contribution in [2.75, 3.05) is 5.32 Å². The second-order valence-corrected chi connectivity index (χ2v) is 3.08. The highest BCUT2D eigenvalue weighted by molar-refractivity contribution is 5.99. The van der Waals surface area contributed by atoms with Crippen molar-refractivity contribution in [3.63, 3.8) is 0 Å². The van der Waals surface area contributed by atoms with Crippen molar-refractivity contribution in [2.45, 2.75) is 13.8 Å².